The van der Waals surface area contributed by atoms with Gasteiger partial charge >= 0.3 is 0 Å². The lowest BCUT2D eigenvalue weighted by Crippen LogP contribution is -2.16. The van der Waals surface area contributed by atoms with E-state index in [-0.39, 0.29) is 17.6 Å². The number of benzene rings is 2. The number of nitrogens with one attached hydrogen (secondary N) is 1. The van der Waals surface area contributed by atoms with Gasteiger partial charge in [-0.15, -0.1) is 23.5 Å². The lowest BCUT2D eigenvalue weighted by molar-refractivity contribution is -0.115. The van der Waals surface area contributed by atoms with Gasteiger partial charge in [-0.2, -0.15) is 0 Å². The first-order valence-corrected chi connectivity index (χ1v) is 9.84. The maximum atomic E-state index is 12.3. The molecule has 2 rings (SSSR count). The van der Waals surface area contributed by atoms with Gasteiger partial charge in [0, 0.05) is 9.79 Å². The minimum absolute atomic E-state index is 0.0727. The van der Waals surface area contributed by atoms with Crippen LogP contribution in [0, 0.1) is 20.8 Å². The number of carbonyl (C=O) groups is 2. The van der Waals surface area contributed by atoms with Gasteiger partial charge in [-0.25, -0.2) is 0 Å². The molecule has 2 amide bonds. The zero-order valence-electron chi connectivity index (χ0n) is 14.6. The Bertz CT molecular complexity index is 768. The second kappa shape index (κ2) is 8.97. The van der Waals surface area contributed by atoms with E-state index in [0.717, 1.165) is 9.79 Å². The number of hydrogen-bond acceptors (Lipinski definition) is 4. The lowest BCUT2D eigenvalue weighted by atomic mass is 10.1. The summed E-state index contributed by atoms with van der Waals surface area (Å²) in [4.78, 5) is 25.3. The zero-order valence-corrected chi connectivity index (χ0v) is 16.2. The summed E-state index contributed by atoms with van der Waals surface area (Å²) in [5.74, 6) is 0.0617. The first-order chi connectivity index (χ1) is 11.9. The Kier molecular flexibility index (Phi) is 6.96. The number of para-hydroxylation sites is 1. The van der Waals surface area contributed by atoms with E-state index in [4.69, 9.17) is 5.73 Å². The predicted molar refractivity (Wildman–Crippen MR) is 106 cm³/mol. The van der Waals surface area contributed by atoms with E-state index in [1.54, 1.807) is 11.8 Å². The molecule has 2 aromatic rings. The van der Waals surface area contributed by atoms with E-state index in [0.29, 0.717) is 11.4 Å². The number of primary amides is 1. The molecule has 0 saturated carbocycles. The molecule has 3 N–H and O–H groups in total. The van der Waals surface area contributed by atoms with Crippen LogP contribution in [-0.2, 0) is 9.59 Å². The van der Waals surface area contributed by atoms with Gasteiger partial charge in [-0.1, -0.05) is 29.8 Å². The van der Waals surface area contributed by atoms with Crippen LogP contribution in [0.3, 0.4) is 0 Å². The Labute approximate surface area is 157 Å². The van der Waals surface area contributed by atoms with Gasteiger partial charge in [0.1, 0.15) is 0 Å². The SMILES string of the molecule is Cc1cc(C)c(SCC(=O)Nc2ccccc2SCC(N)=O)c(C)c1. The van der Waals surface area contributed by atoms with Gasteiger partial charge in [0.05, 0.1) is 17.2 Å². The van der Waals surface area contributed by atoms with Crippen LogP contribution < -0.4 is 11.1 Å². The van der Waals surface area contributed by atoms with Gasteiger partial charge < -0.3 is 11.1 Å². The summed E-state index contributed by atoms with van der Waals surface area (Å²) in [5, 5.41) is 2.92. The molecule has 0 radical (unpaired) electrons. The molecule has 6 heteroatoms. The van der Waals surface area contributed by atoms with Crippen molar-refractivity contribution >= 4 is 41.0 Å². The van der Waals surface area contributed by atoms with E-state index >= 15 is 0 Å². The molecule has 0 aliphatic rings. The summed E-state index contributed by atoms with van der Waals surface area (Å²) in [5.41, 5.74) is 9.50. The molecule has 0 bridgehead atoms. The molecule has 132 valence electrons. The maximum absolute atomic E-state index is 12.3. The number of aryl methyl sites for hydroxylation is 3. The first-order valence-electron chi connectivity index (χ1n) is 7.87. The molecule has 0 aliphatic heterocycles. The van der Waals surface area contributed by atoms with Crippen molar-refractivity contribution in [1.82, 2.24) is 0 Å². The van der Waals surface area contributed by atoms with Crippen molar-refractivity contribution in [3.8, 4) is 0 Å². The third kappa shape index (κ3) is 5.83. The minimum atomic E-state index is -0.382. The molecule has 0 aromatic heterocycles. The van der Waals surface area contributed by atoms with Crippen molar-refractivity contribution in [3.63, 3.8) is 0 Å². The van der Waals surface area contributed by atoms with Gasteiger partial charge in [0.15, 0.2) is 0 Å². The predicted octanol–water partition coefficient (Wildman–Crippen LogP) is 3.92. The molecule has 0 fully saturated rings. The van der Waals surface area contributed by atoms with E-state index in [1.807, 2.05) is 24.3 Å². The van der Waals surface area contributed by atoms with Crippen LogP contribution in [0.15, 0.2) is 46.2 Å². The Balaban J connectivity index is 2.00. The van der Waals surface area contributed by atoms with Gasteiger partial charge in [-0.3, -0.25) is 9.59 Å². The lowest BCUT2D eigenvalue weighted by Gasteiger charge is -2.12. The molecule has 0 heterocycles. The van der Waals surface area contributed by atoms with E-state index in [1.165, 1.54) is 28.5 Å². The third-order valence-electron chi connectivity index (χ3n) is 3.48. The van der Waals surface area contributed by atoms with Crippen LogP contribution in [0.5, 0.6) is 0 Å². The Morgan fingerprint density at radius 2 is 1.64 bits per heavy atom. The van der Waals surface area contributed by atoms with Crippen molar-refractivity contribution in [2.75, 3.05) is 16.8 Å². The summed E-state index contributed by atoms with van der Waals surface area (Å²) in [7, 11) is 0. The number of carbonyl (C=O) groups excluding carboxylic acids is 2. The van der Waals surface area contributed by atoms with Gasteiger partial charge in [-0.05, 0) is 44.0 Å². The summed E-state index contributed by atoms with van der Waals surface area (Å²) in [6, 6.07) is 11.7. The molecule has 0 unspecified atom stereocenters. The standard InChI is InChI=1S/C19H22N2O2S2/c1-12-8-13(2)19(14(3)9-12)25-11-18(23)21-15-6-4-5-7-16(15)24-10-17(20)22/h4-9H,10-11H2,1-3H3,(H2,20,22)(H,21,23). The monoisotopic (exact) mass is 374 g/mol. The number of nitrogens with two attached hydrogens (primary N) is 1. The fourth-order valence-corrected chi connectivity index (χ4v) is 4.23. The summed E-state index contributed by atoms with van der Waals surface area (Å²) >= 11 is 2.86. The van der Waals surface area contributed by atoms with Crippen LogP contribution in [0.4, 0.5) is 5.69 Å². The number of thioether (sulfide) groups is 2. The largest absolute Gasteiger partial charge is 0.369 e. The highest BCUT2D eigenvalue weighted by atomic mass is 32.2. The quantitative estimate of drug-likeness (QED) is 0.721. The summed E-state index contributed by atoms with van der Waals surface area (Å²) in [6.45, 7) is 6.20. The van der Waals surface area contributed by atoms with E-state index in [9.17, 15) is 9.59 Å². The minimum Gasteiger partial charge on any atom is -0.369 e. The molecular formula is C19H22N2O2S2. The Morgan fingerprint density at radius 1 is 1.00 bits per heavy atom. The van der Waals surface area contributed by atoms with Gasteiger partial charge in [0.2, 0.25) is 11.8 Å². The number of hydrogen-bond donors (Lipinski definition) is 2. The average molecular weight is 375 g/mol. The fourth-order valence-electron chi connectivity index (χ4n) is 2.56. The van der Waals surface area contributed by atoms with E-state index in [2.05, 4.69) is 38.2 Å². The van der Waals surface area contributed by atoms with Crippen LogP contribution in [0.1, 0.15) is 16.7 Å². The second-order valence-electron chi connectivity index (χ2n) is 5.82. The van der Waals surface area contributed by atoms with Crippen LogP contribution in [-0.4, -0.2) is 23.3 Å². The van der Waals surface area contributed by atoms with Crippen molar-refractivity contribution in [2.45, 2.75) is 30.6 Å². The molecule has 0 saturated heterocycles. The fraction of sp³-hybridized carbons (Fsp3) is 0.263. The molecule has 0 atom stereocenters. The Morgan fingerprint density at radius 3 is 2.28 bits per heavy atom. The average Bonchev–Trinajstić information content (AvgIpc) is 2.53. The van der Waals surface area contributed by atoms with Crippen LogP contribution in [0.2, 0.25) is 0 Å². The highest BCUT2D eigenvalue weighted by Crippen LogP contribution is 2.29. The zero-order chi connectivity index (χ0) is 18.4. The Hall–Kier alpha value is -1.92. The second-order valence-corrected chi connectivity index (χ2v) is 7.82. The summed E-state index contributed by atoms with van der Waals surface area (Å²) < 4.78 is 0. The van der Waals surface area contributed by atoms with E-state index < -0.39 is 0 Å². The number of rotatable bonds is 7. The van der Waals surface area contributed by atoms with Crippen molar-refractivity contribution < 1.29 is 9.59 Å². The molecule has 0 aliphatic carbocycles. The molecule has 25 heavy (non-hydrogen) atoms. The molecule has 4 nitrogen and oxygen atoms in total. The smallest absolute Gasteiger partial charge is 0.234 e. The first kappa shape index (κ1) is 19.4. The highest BCUT2D eigenvalue weighted by Gasteiger charge is 2.11. The summed E-state index contributed by atoms with van der Waals surface area (Å²) in [6.07, 6.45) is 0. The molecule has 2 aromatic carbocycles. The van der Waals surface area contributed by atoms with Crippen molar-refractivity contribution in [3.05, 3.63) is 53.1 Å². The van der Waals surface area contributed by atoms with Crippen LogP contribution in [0.25, 0.3) is 0 Å². The van der Waals surface area contributed by atoms with Crippen LogP contribution >= 0.6 is 23.5 Å². The van der Waals surface area contributed by atoms with Crippen molar-refractivity contribution in [2.24, 2.45) is 5.73 Å². The highest BCUT2D eigenvalue weighted by molar-refractivity contribution is 8.00. The normalized spacial score (nSPS) is 10.5. The maximum Gasteiger partial charge on any atom is 0.234 e. The molecule has 0 spiro atoms. The third-order valence-corrected chi connectivity index (χ3v) is 5.92. The van der Waals surface area contributed by atoms with Crippen molar-refractivity contribution in [1.29, 1.82) is 0 Å². The topological polar surface area (TPSA) is 72.2 Å². The molecular weight excluding hydrogens is 352 g/mol. The number of amides is 2. The number of anilines is 1. The van der Waals surface area contributed by atoms with Gasteiger partial charge in [0.25, 0.3) is 0 Å².